The summed E-state index contributed by atoms with van der Waals surface area (Å²) in [5.74, 6) is 0. The zero-order chi connectivity index (χ0) is 27.5. The Kier molecular flexibility index (Phi) is 6.48. The molecule has 0 aromatic heterocycles. The molecule has 0 N–H and O–H groups in total. The van der Waals surface area contributed by atoms with Crippen molar-refractivity contribution in [1.29, 1.82) is 0 Å². The zero-order valence-corrected chi connectivity index (χ0v) is 28.6. The van der Waals surface area contributed by atoms with Crippen molar-refractivity contribution in [3.8, 4) is 22.3 Å². The van der Waals surface area contributed by atoms with Crippen molar-refractivity contribution in [3.63, 3.8) is 0 Å². The van der Waals surface area contributed by atoms with E-state index in [1.54, 1.807) is 0 Å². The first kappa shape index (κ1) is 27.2. The molecule has 198 valence electrons. The van der Waals surface area contributed by atoms with Crippen LogP contribution in [0.3, 0.4) is 0 Å². The molecule has 4 heteroatoms. The summed E-state index contributed by atoms with van der Waals surface area (Å²) in [5.41, 5.74) is 13.0. The fourth-order valence-electron chi connectivity index (χ4n) is 8.18. The van der Waals surface area contributed by atoms with Gasteiger partial charge in [0.05, 0.1) is 0 Å². The van der Waals surface area contributed by atoms with Gasteiger partial charge < -0.3 is 0 Å². The number of hydrogen-bond acceptors (Lipinski definition) is 0. The second-order valence-electron chi connectivity index (χ2n) is 12.0. The van der Waals surface area contributed by atoms with Gasteiger partial charge in [-0.1, -0.05) is 0 Å². The van der Waals surface area contributed by atoms with Crippen LogP contribution in [0.15, 0.2) is 108 Å². The van der Waals surface area contributed by atoms with Crippen LogP contribution < -0.4 is 0 Å². The fourth-order valence-corrected chi connectivity index (χ4v) is 47.3. The number of allylic oxidation sites excluding steroid dienone is 2. The Morgan fingerprint density at radius 2 is 1.03 bits per heavy atom. The normalized spacial score (nSPS) is 20.3. The zero-order valence-electron chi connectivity index (χ0n) is 23.2. The number of halogens is 2. The summed E-state index contributed by atoms with van der Waals surface area (Å²) in [4.78, 5) is 0. The summed E-state index contributed by atoms with van der Waals surface area (Å²) < 4.78 is 1.05. The predicted octanol–water partition coefficient (Wildman–Crippen LogP) is 10.7. The molecule has 0 spiro atoms. The van der Waals surface area contributed by atoms with Gasteiger partial charge in [0.25, 0.3) is 0 Å². The third kappa shape index (κ3) is 3.86. The molecular formula is C35H36Cl2SiZr. The molecule has 2 aliphatic carbocycles. The van der Waals surface area contributed by atoms with Crippen molar-refractivity contribution in [1.82, 2.24) is 0 Å². The van der Waals surface area contributed by atoms with Crippen LogP contribution in [-0.2, 0) is 14.1 Å². The van der Waals surface area contributed by atoms with Crippen LogP contribution in [0.1, 0.15) is 50.3 Å². The van der Waals surface area contributed by atoms with Gasteiger partial charge >= 0.3 is 241 Å². The van der Waals surface area contributed by atoms with E-state index in [4.69, 9.17) is 17.0 Å². The van der Waals surface area contributed by atoms with Crippen LogP contribution >= 0.6 is 17.0 Å². The SMILES string of the molecule is C[CH2][Zr]([Cl])([Cl])([SiH2]C)([CH]1C(C)=Cc2c(-c3ccccc3)cccc21)[CH]1C(C)=Cc2c(-c3ccccc3)cccc21. The summed E-state index contributed by atoms with van der Waals surface area (Å²) in [6.07, 6.45) is 4.80. The number of fused-ring (bicyclic) bond motifs is 2. The molecular weight excluding hydrogens is 611 g/mol. The van der Waals surface area contributed by atoms with Crippen molar-refractivity contribution in [2.24, 2.45) is 0 Å². The molecule has 6 rings (SSSR count). The van der Waals surface area contributed by atoms with E-state index in [-0.39, 0.29) is 7.25 Å². The van der Waals surface area contributed by atoms with E-state index in [2.05, 4.69) is 137 Å². The van der Waals surface area contributed by atoms with Gasteiger partial charge in [-0.25, -0.2) is 0 Å². The third-order valence-corrected chi connectivity index (χ3v) is 67.4. The van der Waals surface area contributed by atoms with Crippen LogP contribution in [0, 0.1) is 0 Å². The number of benzene rings is 4. The quantitative estimate of drug-likeness (QED) is 0.183. The van der Waals surface area contributed by atoms with Crippen molar-refractivity contribution in [2.45, 2.75) is 38.7 Å². The first-order valence-electron chi connectivity index (χ1n) is 14.2. The Morgan fingerprint density at radius 3 is 1.38 bits per heavy atom. The molecule has 0 saturated heterocycles. The molecule has 0 saturated carbocycles. The van der Waals surface area contributed by atoms with Crippen LogP contribution in [0.4, 0.5) is 0 Å². The molecule has 0 nitrogen and oxygen atoms in total. The molecule has 2 unspecified atom stereocenters. The second kappa shape index (κ2) is 9.28. The van der Waals surface area contributed by atoms with Crippen LogP contribution in [0.5, 0.6) is 0 Å². The Labute approximate surface area is 239 Å². The van der Waals surface area contributed by atoms with Gasteiger partial charge in [-0.3, -0.25) is 0 Å². The van der Waals surface area contributed by atoms with E-state index in [0.717, 1.165) is 4.13 Å². The van der Waals surface area contributed by atoms with E-state index >= 15 is 0 Å². The fraction of sp³-hybridized carbons (Fsp3) is 0.200. The third-order valence-electron chi connectivity index (χ3n) is 10.2. The second-order valence-corrected chi connectivity index (χ2v) is 65.8. The van der Waals surface area contributed by atoms with Crippen LogP contribution in [-0.4, -0.2) is 6.65 Å². The maximum absolute atomic E-state index is 8.62. The standard InChI is InChI=1S/2C16H13.C2H5.CH5Si.2ClH.Zr/c2*1-12-10-14-8-5-9-15(16(14)11-12)13-6-3-2-4-7-13;2*1-2;;;/h2*2-11H,1H3;1H2,2H3;2H2,1H3;2*1H;/q;;;;;;+2/p-2. The molecule has 2 atom stereocenters. The van der Waals surface area contributed by atoms with Gasteiger partial charge in [-0.2, -0.15) is 0 Å². The predicted molar refractivity (Wildman–Crippen MR) is 173 cm³/mol. The van der Waals surface area contributed by atoms with Crippen LogP contribution in [0.25, 0.3) is 34.4 Å². The molecule has 0 amide bonds. The van der Waals surface area contributed by atoms with Crippen molar-refractivity contribution < 1.29 is 14.1 Å². The van der Waals surface area contributed by atoms with Gasteiger partial charge in [0.1, 0.15) is 0 Å². The van der Waals surface area contributed by atoms with E-state index < -0.39 is 20.7 Å². The van der Waals surface area contributed by atoms with Gasteiger partial charge in [0.2, 0.25) is 0 Å². The molecule has 0 heterocycles. The van der Waals surface area contributed by atoms with Gasteiger partial charge in [-0.05, 0) is 0 Å². The summed E-state index contributed by atoms with van der Waals surface area (Å²) in [7, 11) is 17.2. The van der Waals surface area contributed by atoms with Crippen molar-refractivity contribution in [3.05, 3.63) is 130 Å². The van der Waals surface area contributed by atoms with Crippen molar-refractivity contribution >= 4 is 35.8 Å². The van der Waals surface area contributed by atoms with Gasteiger partial charge in [0.15, 0.2) is 0 Å². The Bertz CT molecular complexity index is 1540. The number of hydrogen-bond donors (Lipinski definition) is 0. The maximum atomic E-state index is 8.62. The van der Waals surface area contributed by atoms with Crippen molar-refractivity contribution in [2.75, 3.05) is 0 Å². The molecule has 0 bridgehead atoms. The van der Waals surface area contributed by atoms with Gasteiger partial charge in [0, 0.05) is 0 Å². The van der Waals surface area contributed by atoms with Crippen LogP contribution in [0.2, 0.25) is 10.7 Å². The molecule has 0 radical (unpaired) electrons. The minimum absolute atomic E-state index is 0.0922. The van der Waals surface area contributed by atoms with E-state index in [0.29, 0.717) is 0 Å². The molecule has 0 aliphatic heterocycles. The Morgan fingerprint density at radius 1 is 0.615 bits per heavy atom. The molecule has 4 aromatic carbocycles. The Balaban J connectivity index is 1.60. The first-order valence-corrected chi connectivity index (χ1v) is 32.4. The average molecular weight is 647 g/mol. The van der Waals surface area contributed by atoms with E-state index in [1.807, 2.05) is 0 Å². The van der Waals surface area contributed by atoms with E-state index in [1.165, 1.54) is 55.7 Å². The topological polar surface area (TPSA) is 0 Å². The number of rotatable bonds is 6. The Hall–Kier alpha value is -1.96. The summed E-state index contributed by atoms with van der Waals surface area (Å²) in [6, 6.07) is 35.0. The average Bonchev–Trinajstić information content (AvgIpc) is 3.51. The molecule has 4 aromatic rings. The van der Waals surface area contributed by atoms with E-state index in [9.17, 15) is 0 Å². The summed E-state index contributed by atoms with van der Waals surface area (Å²) in [6.45, 7) is 8.40. The molecule has 2 aliphatic rings. The minimum atomic E-state index is -5.19. The molecule has 0 fully saturated rings. The molecule has 39 heavy (non-hydrogen) atoms. The summed E-state index contributed by atoms with van der Waals surface area (Å²) in [5, 5.41) is 0. The summed E-state index contributed by atoms with van der Waals surface area (Å²) >= 11 is -5.19. The first-order chi connectivity index (χ1) is 18.7. The monoisotopic (exact) mass is 644 g/mol. The van der Waals surface area contributed by atoms with Gasteiger partial charge in [-0.15, -0.1) is 0 Å².